The van der Waals surface area contributed by atoms with E-state index in [-0.39, 0.29) is 22.9 Å². The number of amides is 1. The molecule has 0 spiro atoms. The van der Waals surface area contributed by atoms with Gasteiger partial charge in [-0.1, -0.05) is 6.07 Å². The van der Waals surface area contributed by atoms with Crippen molar-refractivity contribution in [2.24, 2.45) is 17.8 Å². The van der Waals surface area contributed by atoms with Crippen molar-refractivity contribution < 1.29 is 15.0 Å². The number of nitrogens with one attached hydrogen (secondary N) is 1. The third kappa shape index (κ3) is 2.91. The van der Waals surface area contributed by atoms with Crippen LogP contribution in [0.3, 0.4) is 0 Å². The van der Waals surface area contributed by atoms with Gasteiger partial charge in [0.15, 0.2) is 11.5 Å². The second-order valence-electron chi connectivity index (χ2n) is 8.07. The summed E-state index contributed by atoms with van der Waals surface area (Å²) in [6.45, 7) is 0. The summed E-state index contributed by atoms with van der Waals surface area (Å²) in [6.07, 6.45) is 8.67. The Labute approximate surface area is 136 Å². The summed E-state index contributed by atoms with van der Waals surface area (Å²) >= 11 is 0. The summed E-state index contributed by atoms with van der Waals surface area (Å²) in [5, 5.41) is 22.2. The molecule has 4 aliphatic carbocycles. The van der Waals surface area contributed by atoms with E-state index >= 15 is 0 Å². The summed E-state index contributed by atoms with van der Waals surface area (Å²) in [6, 6.07) is 4.77. The van der Waals surface area contributed by atoms with Gasteiger partial charge in [-0.3, -0.25) is 4.79 Å². The number of phenolic OH excluding ortho intramolecular Hbond substituents is 2. The highest BCUT2D eigenvalue weighted by molar-refractivity contribution is 5.77. The average molecular weight is 315 g/mol. The Morgan fingerprint density at radius 2 is 1.65 bits per heavy atom. The lowest BCUT2D eigenvalue weighted by atomic mass is 9.53. The molecule has 0 atom stereocenters. The number of rotatable bonds is 4. The van der Waals surface area contributed by atoms with Crippen LogP contribution in [0.4, 0.5) is 0 Å². The molecule has 0 aliphatic heterocycles. The van der Waals surface area contributed by atoms with E-state index in [1.54, 1.807) is 6.07 Å². The summed E-state index contributed by atoms with van der Waals surface area (Å²) < 4.78 is 0. The van der Waals surface area contributed by atoms with Gasteiger partial charge in [-0.05, 0) is 80.4 Å². The van der Waals surface area contributed by atoms with Crippen LogP contribution in [0, 0.1) is 17.8 Å². The lowest BCUT2D eigenvalue weighted by Gasteiger charge is -2.56. The van der Waals surface area contributed by atoms with Gasteiger partial charge < -0.3 is 15.5 Å². The highest BCUT2D eigenvalue weighted by atomic mass is 16.3. The van der Waals surface area contributed by atoms with Crippen molar-refractivity contribution in [1.82, 2.24) is 5.32 Å². The van der Waals surface area contributed by atoms with Crippen molar-refractivity contribution in [3.8, 4) is 11.5 Å². The zero-order valence-electron chi connectivity index (χ0n) is 13.4. The normalized spacial score (nSPS) is 34.5. The van der Waals surface area contributed by atoms with Crippen LogP contribution >= 0.6 is 0 Å². The van der Waals surface area contributed by atoms with Crippen LogP contribution < -0.4 is 5.32 Å². The van der Waals surface area contributed by atoms with Crippen LogP contribution in [0.1, 0.15) is 50.5 Å². The maximum absolute atomic E-state index is 12.4. The summed E-state index contributed by atoms with van der Waals surface area (Å²) in [7, 11) is 0. The van der Waals surface area contributed by atoms with Crippen molar-refractivity contribution in [2.75, 3.05) is 0 Å². The maximum Gasteiger partial charge on any atom is 0.220 e. The Morgan fingerprint density at radius 1 is 1.04 bits per heavy atom. The number of aromatic hydroxyl groups is 2. The molecule has 4 bridgehead atoms. The molecule has 4 aliphatic rings. The van der Waals surface area contributed by atoms with Gasteiger partial charge in [0.2, 0.25) is 5.91 Å². The van der Waals surface area contributed by atoms with Crippen LogP contribution in [0.2, 0.25) is 0 Å². The van der Waals surface area contributed by atoms with E-state index in [4.69, 9.17) is 0 Å². The van der Waals surface area contributed by atoms with Crippen molar-refractivity contribution in [1.29, 1.82) is 0 Å². The molecular formula is C19H25NO3. The number of benzene rings is 1. The Hall–Kier alpha value is -1.71. The molecule has 23 heavy (non-hydrogen) atoms. The van der Waals surface area contributed by atoms with Gasteiger partial charge in [0.25, 0.3) is 0 Å². The second-order valence-corrected chi connectivity index (χ2v) is 8.07. The minimum Gasteiger partial charge on any atom is -0.504 e. The molecule has 3 N–H and O–H groups in total. The summed E-state index contributed by atoms with van der Waals surface area (Å²) in [5.74, 6) is 2.37. The largest absolute Gasteiger partial charge is 0.504 e. The third-order valence-electron chi connectivity index (χ3n) is 6.12. The number of hydrogen-bond donors (Lipinski definition) is 3. The SMILES string of the molecule is O=C(CCc1ccc(O)c(O)c1)NC12CC3CC(CC(C3)C1)C2. The lowest BCUT2D eigenvalue weighted by Crippen LogP contribution is -2.59. The Bertz CT molecular complexity index is 590. The smallest absolute Gasteiger partial charge is 0.220 e. The topological polar surface area (TPSA) is 69.6 Å². The number of phenols is 2. The molecule has 4 nitrogen and oxygen atoms in total. The van der Waals surface area contributed by atoms with Crippen LogP contribution in [0.5, 0.6) is 11.5 Å². The van der Waals surface area contributed by atoms with E-state index in [1.165, 1.54) is 50.7 Å². The average Bonchev–Trinajstić information content (AvgIpc) is 2.46. The van der Waals surface area contributed by atoms with E-state index in [2.05, 4.69) is 5.32 Å². The second kappa shape index (κ2) is 5.43. The molecule has 0 aromatic heterocycles. The number of carbonyl (C=O) groups is 1. The molecule has 0 heterocycles. The zero-order chi connectivity index (χ0) is 16.0. The van der Waals surface area contributed by atoms with Gasteiger partial charge >= 0.3 is 0 Å². The van der Waals surface area contributed by atoms with Crippen LogP contribution in [-0.4, -0.2) is 21.7 Å². The molecule has 5 rings (SSSR count). The van der Waals surface area contributed by atoms with E-state index in [0.717, 1.165) is 23.3 Å². The first-order chi connectivity index (χ1) is 11.0. The third-order valence-corrected chi connectivity index (χ3v) is 6.12. The fourth-order valence-electron chi connectivity index (χ4n) is 5.60. The van der Waals surface area contributed by atoms with Gasteiger partial charge in [-0.2, -0.15) is 0 Å². The van der Waals surface area contributed by atoms with E-state index < -0.39 is 0 Å². The van der Waals surface area contributed by atoms with Crippen LogP contribution in [-0.2, 0) is 11.2 Å². The Morgan fingerprint density at radius 3 is 2.22 bits per heavy atom. The Kier molecular flexibility index (Phi) is 3.51. The first-order valence-electron chi connectivity index (χ1n) is 8.83. The first kappa shape index (κ1) is 14.9. The van der Waals surface area contributed by atoms with Gasteiger partial charge in [-0.15, -0.1) is 0 Å². The lowest BCUT2D eigenvalue weighted by molar-refractivity contribution is -0.126. The zero-order valence-corrected chi connectivity index (χ0v) is 13.4. The van der Waals surface area contributed by atoms with Crippen molar-refractivity contribution in [2.45, 2.75) is 56.9 Å². The first-order valence-corrected chi connectivity index (χ1v) is 8.83. The molecule has 124 valence electrons. The molecule has 1 aromatic carbocycles. The van der Waals surface area contributed by atoms with Gasteiger partial charge in [0.1, 0.15) is 0 Å². The standard InChI is InChI=1S/C19H25NO3/c21-16-3-1-12(8-17(16)22)2-4-18(23)20-19-9-13-5-14(10-19)7-15(6-13)11-19/h1,3,8,13-15,21-22H,2,4-7,9-11H2,(H,20,23). The predicted molar refractivity (Wildman–Crippen MR) is 87.1 cm³/mol. The molecule has 0 saturated heterocycles. The molecule has 4 heteroatoms. The van der Waals surface area contributed by atoms with Gasteiger partial charge in [0, 0.05) is 12.0 Å². The van der Waals surface area contributed by atoms with Gasteiger partial charge in [0.05, 0.1) is 0 Å². The number of carbonyl (C=O) groups excluding carboxylic acids is 1. The van der Waals surface area contributed by atoms with Crippen molar-refractivity contribution in [3.05, 3.63) is 23.8 Å². The molecular weight excluding hydrogens is 290 g/mol. The predicted octanol–water partition coefficient (Wildman–Crippen LogP) is 3.12. The number of aryl methyl sites for hydroxylation is 1. The minimum atomic E-state index is -0.121. The molecule has 1 aromatic rings. The highest BCUT2D eigenvalue weighted by Gasteiger charge is 2.51. The molecule has 0 radical (unpaired) electrons. The summed E-state index contributed by atoms with van der Waals surface area (Å²) in [4.78, 5) is 12.4. The molecule has 0 unspecified atom stereocenters. The molecule has 1 amide bonds. The fraction of sp³-hybridized carbons (Fsp3) is 0.632. The minimum absolute atomic E-state index is 0.0723. The van der Waals surface area contributed by atoms with E-state index in [9.17, 15) is 15.0 Å². The summed E-state index contributed by atoms with van der Waals surface area (Å²) in [5.41, 5.74) is 0.948. The monoisotopic (exact) mass is 315 g/mol. The number of hydrogen-bond acceptors (Lipinski definition) is 3. The fourth-order valence-corrected chi connectivity index (χ4v) is 5.60. The van der Waals surface area contributed by atoms with E-state index in [0.29, 0.717) is 12.8 Å². The molecule has 4 fully saturated rings. The quantitative estimate of drug-likeness (QED) is 0.748. The van der Waals surface area contributed by atoms with Crippen molar-refractivity contribution in [3.63, 3.8) is 0 Å². The highest BCUT2D eigenvalue weighted by Crippen LogP contribution is 2.55. The van der Waals surface area contributed by atoms with Crippen LogP contribution in [0.15, 0.2) is 18.2 Å². The van der Waals surface area contributed by atoms with E-state index in [1.807, 2.05) is 0 Å². The molecule has 4 saturated carbocycles. The van der Waals surface area contributed by atoms with Crippen molar-refractivity contribution >= 4 is 5.91 Å². The Balaban J connectivity index is 1.36. The van der Waals surface area contributed by atoms with Crippen LogP contribution in [0.25, 0.3) is 0 Å². The maximum atomic E-state index is 12.4. The van der Waals surface area contributed by atoms with Gasteiger partial charge in [-0.25, -0.2) is 0 Å².